The van der Waals surface area contributed by atoms with Gasteiger partial charge in [-0.05, 0) is 19.4 Å². The molecule has 1 rings (SSSR count). The maximum Gasteiger partial charge on any atom is 0.388 e. The van der Waals surface area contributed by atoms with E-state index >= 15 is 0 Å². The van der Waals surface area contributed by atoms with Crippen LogP contribution in [0.1, 0.15) is 11.1 Å². The van der Waals surface area contributed by atoms with Gasteiger partial charge in [0.05, 0.1) is 0 Å². The first-order chi connectivity index (χ1) is 4.75. The van der Waals surface area contributed by atoms with Crippen molar-refractivity contribution in [2.75, 3.05) is 0 Å². The van der Waals surface area contributed by atoms with Crippen molar-refractivity contribution in [1.82, 2.24) is 0 Å². The predicted octanol–water partition coefficient (Wildman–Crippen LogP) is 2.79. The highest BCUT2D eigenvalue weighted by Crippen LogP contribution is 2.20. The predicted molar refractivity (Wildman–Crippen MR) is 40.7 cm³/mol. The van der Waals surface area contributed by atoms with Crippen LogP contribution in [0.25, 0.3) is 4.98 Å². The van der Waals surface area contributed by atoms with Crippen LogP contribution < -0.4 is 0 Å². The molecule has 0 saturated heterocycles. The topological polar surface area (TPSA) is 28.1 Å². The average Bonchev–Trinajstić information content (AvgIpc) is 1.95. The minimum Gasteiger partial charge on any atom is -0.0585 e. The van der Waals surface area contributed by atoms with E-state index in [9.17, 15) is 0 Å². The van der Waals surface area contributed by atoms with E-state index in [1.54, 1.807) is 6.07 Å². The first-order valence-electron chi connectivity index (χ1n) is 3.17. The molecule has 0 atom stereocenters. The fourth-order valence-electron chi connectivity index (χ4n) is 0.844. The van der Waals surface area contributed by atoms with Crippen LogP contribution in [0.4, 0.5) is 5.69 Å². The molecule has 0 radical (unpaired) electrons. The van der Waals surface area contributed by atoms with Gasteiger partial charge in [-0.25, -0.2) is 0 Å². The summed E-state index contributed by atoms with van der Waals surface area (Å²) >= 11 is 0. The lowest BCUT2D eigenvalue weighted by Crippen LogP contribution is -1.77. The smallest absolute Gasteiger partial charge is 0.0585 e. The molecule has 0 aliphatic carbocycles. The zero-order chi connectivity index (χ0) is 7.56. The third-order valence-electron chi connectivity index (χ3n) is 1.68. The van der Waals surface area contributed by atoms with Gasteiger partial charge in [0.2, 0.25) is 5.39 Å². The molecule has 0 spiro atoms. The first kappa shape index (κ1) is 6.76. The Hall–Kier alpha value is -1.36. The second-order valence-corrected chi connectivity index (χ2v) is 2.32. The molecule has 0 bridgehead atoms. The van der Waals surface area contributed by atoms with Gasteiger partial charge in [-0.15, -0.1) is 0 Å². The summed E-state index contributed by atoms with van der Waals surface area (Å²) in [4.78, 5) is 3.13. The van der Waals surface area contributed by atoms with Crippen LogP contribution >= 0.6 is 0 Å². The van der Waals surface area contributed by atoms with E-state index < -0.39 is 0 Å². The maximum absolute atomic E-state index is 8.47. The van der Waals surface area contributed by atoms with Crippen molar-refractivity contribution in [3.05, 3.63) is 34.3 Å². The maximum atomic E-state index is 8.47. The van der Waals surface area contributed by atoms with Crippen LogP contribution in [0.2, 0.25) is 0 Å². The summed E-state index contributed by atoms with van der Waals surface area (Å²) in [6, 6.07) is 5.64. The summed E-state index contributed by atoms with van der Waals surface area (Å²) in [5.41, 5.74) is 2.83. The van der Waals surface area contributed by atoms with Gasteiger partial charge < -0.3 is 0 Å². The molecule has 0 aliphatic rings. The number of hydrogen-bond acceptors (Lipinski definition) is 1. The molecule has 0 fully saturated rings. The Morgan fingerprint density at radius 1 is 1.30 bits per heavy atom. The largest absolute Gasteiger partial charge is 0.388 e. The van der Waals surface area contributed by atoms with Crippen LogP contribution in [0.3, 0.4) is 0 Å². The van der Waals surface area contributed by atoms with E-state index in [0.29, 0.717) is 5.69 Å². The number of hydrogen-bond donors (Lipinski definition) is 0. The van der Waals surface area contributed by atoms with Crippen molar-refractivity contribution < 1.29 is 0 Å². The van der Waals surface area contributed by atoms with Crippen molar-refractivity contribution in [1.29, 1.82) is 5.39 Å². The zero-order valence-corrected chi connectivity index (χ0v) is 6.13. The molecule has 1 aromatic rings. The number of aryl methyl sites for hydroxylation is 1. The molecule has 0 aromatic heterocycles. The molecular weight excluding hydrogens is 124 g/mol. The Kier molecular flexibility index (Phi) is 1.68. The van der Waals surface area contributed by atoms with Gasteiger partial charge in [0.25, 0.3) is 0 Å². The van der Waals surface area contributed by atoms with Crippen LogP contribution in [-0.4, -0.2) is 0 Å². The van der Waals surface area contributed by atoms with Crippen molar-refractivity contribution >= 4 is 5.69 Å². The Morgan fingerprint density at radius 3 is 2.50 bits per heavy atom. The van der Waals surface area contributed by atoms with Crippen molar-refractivity contribution in [3.8, 4) is 0 Å². The number of nitrogens with zero attached hydrogens (tertiary/aromatic N) is 2. The Morgan fingerprint density at radius 2 is 2.00 bits per heavy atom. The van der Waals surface area contributed by atoms with Crippen molar-refractivity contribution in [3.63, 3.8) is 0 Å². The third kappa shape index (κ3) is 0.985. The Bertz CT molecular complexity index is 284. The summed E-state index contributed by atoms with van der Waals surface area (Å²) in [6.07, 6.45) is 0. The highest BCUT2D eigenvalue weighted by atomic mass is 14.8. The van der Waals surface area contributed by atoms with Crippen LogP contribution in [0.15, 0.2) is 18.2 Å². The Labute approximate surface area is 60.1 Å². The molecule has 2 nitrogen and oxygen atoms in total. The van der Waals surface area contributed by atoms with Gasteiger partial charge in [-0.3, -0.25) is 0 Å². The molecule has 1 aromatic carbocycles. The normalized spacial score (nSPS) is 8.90. The summed E-state index contributed by atoms with van der Waals surface area (Å²) in [5, 5.41) is 8.47. The molecule has 0 N–H and O–H groups in total. The standard InChI is InChI=1S/C8H9N2/c1-6-4-3-5-8(10-9)7(6)2/h3-5H,1-2H3/q+1. The van der Waals surface area contributed by atoms with E-state index in [-0.39, 0.29) is 0 Å². The van der Waals surface area contributed by atoms with Gasteiger partial charge in [0, 0.05) is 11.6 Å². The van der Waals surface area contributed by atoms with Crippen LogP contribution in [-0.2, 0) is 0 Å². The molecule has 2 heteroatoms. The lowest BCUT2D eigenvalue weighted by Gasteiger charge is -1.91. The molecule has 0 amide bonds. The summed E-state index contributed by atoms with van der Waals surface area (Å²) in [5.74, 6) is 0. The lowest BCUT2D eigenvalue weighted by atomic mass is 10.1. The first-order valence-corrected chi connectivity index (χ1v) is 3.17. The molecule has 0 heterocycles. The van der Waals surface area contributed by atoms with Gasteiger partial charge in [0.15, 0.2) is 4.98 Å². The van der Waals surface area contributed by atoms with E-state index in [4.69, 9.17) is 5.39 Å². The zero-order valence-electron chi connectivity index (χ0n) is 6.13. The van der Waals surface area contributed by atoms with Crippen molar-refractivity contribution in [2.45, 2.75) is 13.8 Å². The van der Waals surface area contributed by atoms with Crippen LogP contribution in [0.5, 0.6) is 0 Å². The SMILES string of the molecule is Cc1cccc([N+]#N)c1C. The van der Waals surface area contributed by atoms with E-state index in [1.165, 1.54) is 0 Å². The quantitative estimate of drug-likeness (QED) is 0.500. The Balaban J connectivity index is 3.31. The van der Waals surface area contributed by atoms with Crippen molar-refractivity contribution in [2.24, 2.45) is 0 Å². The summed E-state index contributed by atoms with van der Waals surface area (Å²) < 4.78 is 0. The van der Waals surface area contributed by atoms with Gasteiger partial charge in [-0.2, -0.15) is 0 Å². The molecule has 0 aliphatic heterocycles. The number of benzene rings is 1. The second kappa shape index (κ2) is 2.49. The van der Waals surface area contributed by atoms with E-state index in [0.717, 1.165) is 11.1 Å². The lowest BCUT2D eigenvalue weighted by molar-refractivity contribution is 1.33. The molecule has 0 saturated carbocycles. The second-order valence-electron chi connectivity index (χ2n) is 2.32. The molecular formula is C8H9N2+. The number of diazo groups is 1. The molecule has 10 heavy (non-hydrogen) atoms. The third-order valence-corrected chi connectivity index (χ3v) is 1.68. The molecule has 0 unspecified atom stereocenters. The van der Waals surface area contributed by atoms with E-state index in [2.05, 4.69) is 4.98 Å². The summed E-state index contributed by atoms with van der Waals surface area (Å²) in [6.45, 7) is 3.92. The van der Waals surface area contributed by atoms with E-state index in [1.807, 2.05) is 26.0 Å². The highest BCUT2D eigenvalue weighted by Gasteiger charge is 2.08. The minimum atomic E-state index is 0.653. The average molecular weight is 133 g/mol. The fourth-order valence-corrected chi connectivity index (χ4v) is 0.844. The van der Waals surface area contributed by atoms with Gasteiger partial charge in [-0.1, -0.05) is 12.1 Å². The minimum absolute atomic E-state index is 0.653. The van der Waals surface area contributed by atoms with Gasteiger partial charge in [0.1, 0.15) is 0 Å². The molecule has 50 valence electrons. The fraction of sp³-hybridized carbons (Fsp3) is 0.250. The van der Waals surface area contributed by atoms with Crippen LogP contribution in [0, 0.1) is 19.2 Å². The highest BCUT2D eigenvalue weighted by molar-refractivity contribution is 5.53. The number of rotatable bonds is 0. The monoisotopic (exact) mass is 133 g/mol. The van der Waals surface area contributed by atoms with Gasteiger partial charge >= 0.3 is 5.69 Å². The summed E-state index contributed by atoms with van der Waals surface area (Å²) in [7, 11) is 0.